The lowest BCUT2D eigenvalue weighted by atomic mass is 10.2. The zero-order valence-corrected chi connectivity index (χ0v) is 11.5. The Balaban J connectivity index is 2.06. The zero-order valence-electron chi connectivity index (χ0n) is 10.7. The molecular weight excluding hydrogens is 260 g/mol. The predicted octanol–water partition coefficient (Wildman–Crippen LogP) is 2.23. The van der Waals surface area contributed by atoms with Crippen LogP contribution in [0.2, 0.25) is 0 Å². The fourth-order valence-corrected chi connectivity index (χ4v) is 2.38. The molecule has 4 nitrogen and oxygen atoms in total. The Morgan fingerprint density at radius 3 is 2.79 bits per heavy atom. The lowest BCUT2D eigenvalue weighted by molar-refractivity contribution is 0.0947. The van der Waals surface area contributed by atoms with Crippen LogP contribution in [0.15, 0.2) is 29.6 Å². The molecule has 0 bridgehead atoms. The number of aliphatic hydroxyl groups excluding tert-OH is 1. The summed E-state index contributed by atoms with van der Waals surface area (Å²) in [7, 11) is 0. The second-order valence-corrected chi connectivity index (χ2v) is 5.10. The molecule has 2 N–H and O–H groups in total. The Morgan fingerprint density at radius 1 is 1.37 bits per heavy atom. The lowest BCUT2D eigenvalue weighted by Gasteiger charge is -2.00. The predicted molar refractivity (Wildman–Crippen MR) is 76.3 cm³/mol. The molecule has 0 unspecified atom stereocenters. The second kappa shape index (κ2) is 6.45. The molecule has 1 heterocycles. The van der Waals surface area contributed by atoms with Crippen molar-refractivity contribution in [2.45, 2.75) is 13.3 Å². The normalized spacial score (nSPS) is 10.4. The highest BCUT2D eigenvalue weighted by Crippen LogP contribution is 2.23. The van der Waals surface area contributed by atoms with Gasteiger partial charge in [0.15, 0.2) is 0 Å². The van der Waals surface area contributed by atoms with Crippen molar-refractivity contribution in [2.24, 2.45) is 0 Å². The van der Waals surface area contributed by atoms with Crippen LogP contribution in [0.4, 0.5) is 0 Å². The summed E-state index contributed by atoms with van der Waals surface area (Å²) < 4.78 is 0. The summed E-state index contributed by atoms with van der Waals surface area (Å²) in [6, 6.07) is 8.05. The van der Waals surface area contributed by atoms with Gasteiger partial charge in [-0.1, -0.05) is 29.8 Å². The van der Waals surface area contributed by atoms with Crippen LogP contribution in [0.1, 0.15) is 22.5 Å². The molecule has 1 amide bonds. The van der Waals surface area contributed by atoms with Crippen molar-refractivity contribution in [3.05, 3.63) is 40.9 Å². The minimum atomic E-state index is -0.192. The minimum absolute atomic E-state index is 0.0754. The summed E-state index contributed by atoms with van der Waals surface area (Å²) in [4.78, 5) is 16.1. The molecule has 0 aliphatic rings. The number of rotatable bonds is 5. The monoisotopic (exact) mass is 276 g/mol. The van der Waals surface area contributed by atoms with Crippen LogP contribution in [0.3, 0.4) is 0 Å². The number of aliphatic hydroxyl groups is 1. The van der Waals surface area contributed by atoms with E-state index in [1.165, 1.54) is 16.9 Å². The van der Waals surface area contributed by atoms with Crippen molar-refractivity contribution in [3.8, 4) is 10.6 Å². The quantitative estimate of drug-likeness (QED) is 0.823. The van der Waals surface area contributed by atoms with Crippen LogP contribution < -0.4 is 5.32 Å². The van der Waals surface area contributed by atoms with E-state index in [9.17, 15) is 4.79 Å². The molecule has 5 heteroatoms. The van der Waals surface area contributed by atoms with Gasteiger partial charge >= 0.3 is 0 Å². The van der Waals surface area contributed by atoms with E-state index in [2.05, 4.69) is 10.3 Å². The van der Waals surface area contributed by atoms with Gasteiger partial charge in [0.25, 0.3) is 5.91 Å². The Morgan fingerprint density at radius 2 is 2.11 bits per heavy atom. The maximum Gasteiger partial charge on any atom is 0.270 e. The van der Waals surface area contributed by atoms with Gasteiger partial charge in [0.1, 0.15) is 10.7 Å². The molecule has 19 heavy (non-hydrogen) atoms. The third kappa shape index (κ3) is 3.62. The van der Waals surface area contributed by atoms with Crippen LogP contribution >= 0.6 is 11.3 Å². The number of hydrogen-bond acceptors (Lipinski definition) is 4. The van der Waals surface area contributed by atoms with Gasteiger partial charge in [-0.15, -0.1) is 11.3 Å². The van der Waals surface area contributed by atoms with Crippen molar-refractivity contribution >= 4 is 17.2 Å². The van der Waals surface area contributed by atoms with E-state index in [1.807, 2.05) is 31.2 Å². The highest BCUT2D eigenvalue weighted by molar-refractivity contribution is 7.13. The first-order chi connectivity index (χ1) is 9.20. The summed E-state index contributed by atoms with van der Waals surface area (Å²) >= 11 is 1.45. The van der Waals surface area contributed by atoms with E-state index in [0.29, 0.717) is 18.7 Å². The minimum Gasteiger partial charge on any atom is -0.396 e. The molecule has 0 saturated heterocycles. The third-order valence-corrected chi connectivity index (χ3v) is 3.55. The van der Waals surface area contributed by atoms with Gasteiger partial charge in [0.05, 0.1) is 0 Å². The molecule has 0 fully saturated rings. The number of nitrogens with zero attached hydrogens (tertiary/aromatic N) is 1. The first kappa shape index (κ1) is 13.7. The average molecular weight is 276 g/mol. The topological polar surface area (TPSA) is 62.2 Å². The summed E-state index contributed by atoms with van der Waals surface area (Å²) in [5.74, 6) is -0.192. The summed E-state index contributed by atoms with van der Waals surface area (Å²) in [6.45, 7) is 2.57. The first-order valence-electron chi connectivity index (χ1n) is 6.12. The summed E-state index contributed by atoms with van der Waals surface area (Å²) in [5.41, 5.74) is 2.64. The molecular formula is C14H16N2O2S. The molecule has 0 saturated carbocycles. The van der Waals surface area contributed by atoms with E-state index in [1.54, 1.807) is 5.38 Å². The first-order valence-corrected chi connectivity index (χ1v) is 7.00. The number of hydrogen-bond donors (Lipinski definition) is 2. The highest BCUT2D eigenvalue weighted by Gasteiger charge is 2.11. The molecule has 0 atom stereocenters. The van der Waals surface area contributed by atoms with Gasteiger partial charge < -0.3 is 10.4 Å². The van der Waals surface area contributed by atoms with E-state index in [4.69, 9.17) is 5.11 Å². The van der Waals surface area contributed by atoms with Crippen LogP contribution in [0, 0.1) is 6.92 Å². The Kier molecular flexibility index (Phi) is 4.65. The van der Waals surface area contributed by atoms with E-state index in [0.717, 1.165) is 10.6 Å². The number of amides is 1. The fraction of sp³-hybridized carbons (Fsp3) is 0.286. The molecule has 2 aromatic rings. The number of aromatic nitrogens is 1. The molecule has 1 aromatic carbocycles. The molecule has 100 valence electrons. The van der Waals surface area contributed by atoms with E-state index < -0.39 is 0 Å². The highest BCUT2D eigenvalue weighted by atomic mass is 32.1. The van der Waals surface area contributed by atoms with Gasteiger partial charge in [-0.25, -0.2) is 4.98 Å². The van der Waals surface area contributed by atoms with Crippen molar-refractivity contribution in [1.82, 2.24) is 10.3 Å². The number of nitrogens with one attached hydrogen (secondary N) is 1. The van der Waals surface area contributed by atoms with Gasteiger partial charge in [0, 0.05) is 24.1 Å². The van der Waals surface area contributed by atoms with Crippen molar-refractivity contribution < 1.29 is 9.90 Å². The molecule has 0 aliphatic heterocycles. The number of thiazole rings is 1. The van der Waals surface area contributed by atoms with Crippen molar-refractivity contribution in [2.75, 3.05) is 13.2 Å². The number of aryl methyl sites for hydroxylation is 1. The van der Waals surface area contributed by atoms with Crippen LogP contribution in [-0.2, 0) is 0 Å². The van der Waals surface area contributed by atoms with Gasteiger partial charge in [-0.3, -0.25) is 4.79 Å². The Bertz CT molecular complexity index is 549. The Hall–Kier alpha value is -1.72. The van der Waals surface area contributed by atoms with Gasteiger partial charge in [0.2, 0.25) is 0 Å². The van der Waals surface area contributed by atoms with Crippen LogP contribution in [0.25, 0.3) is 10.6 Å². The van der Waals surface area contributed by atoms with Crippen LogP contribution in [-0.4, -0.2) is 29.1 Å². The maximum absolute atomic E-state index is 11.8. The number of benzene rings is 1. The SMILES string of the molecule is Cc1ccc(-c2nc(C(=O)NCCCO)cs2)cc1. The second-order valence-electron chi connectivity index (χ2n) is 4.24. The number of carbonyl (C=O) groups excluding carboxylic acids is 1. The van der Waals surface area contributed by atoms with Crippen molar-refractivity contribution in [3.63, 3.8) is 0 Å². The fourth-order valence-electron chi connectivity index (χ4n) is 1.58. The zero-order chi connectivity index (χ0) is 13.7. The third-order valence-electron chi connectivity index (χ3n) is 2.66. The molecule has 0 aliphatic carbocycles. The van der Waals surface area contributed by atoms with Gasteiger partial charge in [-0.05, 0) is 13.3 Å². The van der Waals surface area contributed by atoms with E-state index >= 15 is 0 Å². The number of carbonyl (C=O) groups is 1. The van der Waals surface area contributed by atoms with Crippen molar-refractivity contribution in [1.29, 1.82) is 0 Å². The Labute approximate surface area is 116 Å². The largest absolute Gasteiger partial charge is 0.396 e. The molecule has 0 spiro atoms. The molecule has 2 rings (SSSR count). The lowest BCUT2D eigenvalue weighted by Crippen LogP contribution is -2.25. The standard InChI is InChI=1S/C14H16N2O2S/c1-10-3-5-11(6-4-10)14-16-12(9-19-14)13(18)15-7-2-8-17/h3-6,9,17H,2,7-8H2,1H3,(H,15,18). The maximum atomic E-state index is 11.8. The molecule has 0 radical (unpaired) electrons. The van der Waals surface area contributed by atoms with Crippen LogP contribution in [0.5, 0.6) is 0 Å². The van der Waals surface area contributed by atoms with Gasteiger partial charge in [-0.2, -0.15) is 0 Å². The smallest absolute Gasteiger partial charge is 0.270 e. The molecule has 1 aromatic heterocycles. The average Bonchev–Trinajstić information content (AvgIpc) is 2.89. The summed E-state index contributed by atoms with van der Waals surface area (Å²) in [6.07, 6.45) is 0.556. The summed E-state index contributed by atoms with van der Waals surface area (Å²) in [5, 5.41) is 14.0. The van der Waals surface area contributed by atoms with E-state index in [-0.39, 0.29) is 12.5 Å².